The number of rotatable bonds is 5. The SMILES string of the molecule is CCOC(=O)C[C@@H](CI)NC(=O)OC(C)(C)C. The minimum Gasteiger partial charge on any atom is -0.466 e. The van der Waals surface area contributed by atoms with Gasteiger partial charge in [-0.1, -0.05) is 22.6 Å². The fourth-order valence-electron chi connectivity index (χ4n) is 1.04. The lowest BCUT2D eigenvalue weighted by Gasteiger charge is -2.22. The Balaban J connectivity index is 4.13. The molecule has 100 valence electrons. The summed E-state index contributed by atoms with van der Waals surface area (Å²) in [6.07, 6.45) is -0.348. The molecule has 0 unspecified atom stereocenters. The quantitative estimate of drug-likeness (QED) is 0.466. The van der Waals surface area contributed by atoms with E-state index >= 15 is 0 Å². The Morgan fingerprint density at radius 2 is 1.94 bits per heavy atom. The molecule has 0 aliphatic rings. The van der Waals surface area contributed by atoms with Crippen molar-refractivity contribution in [3.05, 3.63) is 0 Å². The predicted octanol–water partition coefficient (Wildman–Crippen LogP) is 2.27. The van der Waals surface area contributed by atoms with E-state index in [1.807, 2.05) is 0 Å². The zero-order valence-corrected chi connectivity index (χ0v) is 12.9. The molecule has 0 spiro atoms. The summed E-state index contributed by atoms with van der Waals surface area (Å²) in [6, 6.07) is -0.260. The van der Waals surface area contributed by atoms with E-state index in [0.717, 1.165) is 0 Å². The lowest BCUT2D eigenvalue weighted by atomic mass is 10.2. The van der Waals surface area contributed by atoms with Crippen molar-refractivity contribution >= 4 is 34.7 Å². The van der Waals surface area contributed by atoms with Crippen LogP contribution in [0.2, 0.25) is 0 Å². The molecule has 0 rings (SSSR count). The number of carbonyl (C=O) groups is 2. The van der Waals surface area contributed by atoms with E-state index in [0.29, 0.717) is 11.0 Å². The van der Waals surface area contributed by atoms with Gasteiger partial charge < -0.3 is 14.8 Å². The maximum absolute atomic E-state index is 11.5. The Hall–Kier alpha value is -0.530. The molecule has 0 aromatic rings. The molecule has 0 aromatic heterocycles. The van der Waals surface area contributed by atoms with Crippen LogP contribution in [0.15, 0.2) is 0 Å². The average molecular weight is 357 g/mol. The molecule has 0 aliphatic heterocycles. The Morgan fingerprint density at radius 3 is 2.35 bits per heavy atom. The highest BCUT2D eigenvalue weighted by Gasteiger charge is 2.20. The van der Waals surface area contributed by atoms with Crippen LogP contribution in [0, 0.1) is 0 Å². The minimum atomic E-state index is -0.538. The van der Waals surface area contributed by atoms with Crippen LogP contribution in [-0.2, 0) is 14.3 Å². The number of nitrogens with one attached hydrogen (secondary N) is 1. The third-order valence-corrected chi connectivity index (χ3v) is 2.69. The van der Waals surface area contributed by atoms with Gasteiger partial charge in [-0.25, -0.2) is 4.79 Å². The zero-order valence-electron chi connectivity index (χ0n) is 10.7. The van der Waals surface area contributed by atoms with Crippen molar-refractivity contribution < 1.29 is 19.1 Å². The van der Waals surface area contributed by atoms with E-state index in [9.17, 15) is 9.59 Å². The number of carbonyl (C=O) groups excluding carboxylic acids is 2. The summed E-state index contributed by atoms with van der Waals surface area (Å²) in [5.41, 5.74) is -0.538. The van der Waals surface area contributed by atoms with Crippen molar-refractivity contribution in [3.63, 3.8) is 0 Å². The van der Waals surface area contributed by atoms with E-state index in [1.165, 1.54) is 0 Å². The largest absolute Gasteiger partial charge is 0.466 e. The fraction of sp³-hybridized carbons (Fsp3) is 0.818. The highest BCUT2D eigenvalue weighted by atomic mass is 127. The molecule has 0 fully saturated rings. The molecule has 0 bridgehead atoms. The highest BCUT2D eigenvalue weighted by molar-refractivity contribution is 14.1. The number of alkyl halides is 1. The van der Waals surface area contributed by atoms with Gasteiger partial charge in [-0.3, -0.25) is 4.79 Å². The molecule has 5 nitrogen and oxygen atoms in total. The highest BCUT2D eigenvalue weighted by Crippen LogP contribution is 2.08. The maximum atomic E-state index is 11.5. The van der Waals surface area contributed by atoms with Crippen LogP contribution >= 0.6 is 22.6 Å². The van der Waals surface area contributed by atoms with Crippen molar-refractivity contribution in [1.82, 2.24) is 5.32 Å². The van der Waals surface area contributed by atoms with E-state index in [-0.39, 0.29) is 18.4 Å². The smallest absolute Gasteiger partial charge is 0.407 e. The van der Waals surface area contributed by atoms with Crippen molar-refractivity contribution in [3.8, 4) is 0 Å². The van der Waals surface area contributed by atoms with Gasteiger partial charge in [0.05, 0.1) is 19.1 Å². The average Bonchev–Trinajstić information content (AvgIpc) is 2.13. The number of hydrogen-bond acceptors (Lipinski definition) is 4. The van der Waals surface area contributed by atoms with Crippen molar-refractivity contribution in [1.29, 1.82) is 0 Å². The summed E-state index contributed by atoms with van der Waals surface area (Å²) in [5.74, 6) is -0.315. The second-order valence-electron chi connectivity index (χ2n) is 4.51. The van der Waals surface area contributed by atoms with Gasteiger partial charge in [-0.2, -0.15) is 0 Å². The molecule has 0 aliphatic carbocycles. The maximum Gasteiger partial charge on any atom is 0.407 e. The number of ether oxygens (including phenoxy) is 2. The van der Waals surface area contributed by atoms with Crippen molar-refractivity contribution in [2.75, 3.05) is 11.0 Å². The van der Waals surface area contributed by atoms with Crippen LogP contribution in [0.5, 0.6) is 0 Å². The first-order valence-corrected chi connectivity index (χ1v) is 7.02. The first kappa shape index (κ1) is 16.5. The van der Waals surface area contributed by atoms with Crippen molar-refractivity contribution in [2.45, 2.75) is 45.8 Å². The first-order chi connectivity index (χ1) is 7.78. The number of amides is 1. The Kier molecular flexibility index (Phi) is 7.49. The van der Waals surface area contributed by atoms with E-state index < -0.39 is 11.7 Å². The summed E-state index contributed by atoms with van der Waals surface area (Å²) in [5, 5.41) is 2.64. The Labute approximate surface area is 116 Å². The number of esters is 1. The molecule has 1 amide bonds. The Bertz CT molecular complexity index is 263. The summed E-state index contributed by atoms with van der Waals surface area (Å²) in [4.78, 5) is 22.7. The standard InChI is InChI=1S/C11H20INO4/c1-5-16-9(14)6-8(7-12)13-10(15)17-11(2,3)4/h8H,5-7H2,1-4H3,(H,13,15)/t8-/m0/s1. The van der Waals surface area contributed by atoms with Gasteiger partial charge in [-0.05, 0) is 27.7 Å². The van der Waals surface area contributed by atoms with E-state index in [2.05, 4.69) is 27.9 Å². The summed E-state index contributed by atoms with van der Waals surface area (Å²) in [7, 11) is 0. The molecule has 1 atom stereocenters. The van der Waals surface area contributed by atoms with Crippen LogP contribution in [-0.4, -0.2) is 34.7 Å². The zero-order chi connectivity index (χ0) is 13.5. The van der Waals surface area contributed by atoms with Crippen LogP contribution in [0.25, 0.3) is 0 Å². The van der Waals surface area contributed by atoms with Gasteiger partial charge in [0.2, 0.25) is 0 Å². The van der Waals surface area contributed by atoms with Crippen LogP contribution in [0.4, 0.5) is 4.79 Å². The van der Waals surface area contributed by atoms with Gasteiger partial charge in [0, 0.05) is 4.43 Å². The molecule has 0 saturated heterocycles. The topological polar surface area (TPSA) is 64.6 Å². The van der Waals surface area contributed by atoms with Gasteiger partial charge in [-0.15, -0.1) is 0 Å². The molecule has 0 radical (unpaired) electrons. The molecule has 0 saturated carbocycles. The van der Waals surface area contributed by atoms with Gasteiger partial charge in [0.1, 0.15) is 5.60 Å². The number of halogens is 1. The summed E-state index contributed by atoms with van der Waals surface area (Å²) >= 11 is 2.10. The van der Waals surface area contributed by atoms with Crippen LogP contribution in [0.3, 0.4) is 0 Å². The molecule has 0 heterocycles. The third-order valence-electron chi connectivity index (χ3n) is 1.63. The second-order valence-corrected chi connectivity index (χ2v) is 5.39. The van der Waals surface area contributed by atoms with E-state index in [4.69, 9.17) is 9.47 Å². The van der Waals surface area contributed by atoms with Crippen LogP contribution in [0.1, 0.15) is 34.1 Å². The fourth-order valence-corrected chi connectivity index (χ4v) is 1.57. The Morgan fingerprint density at radius 1 is 1.35 bits per heavy atom. The van der Waals surface area contributed by atoms with Gasteiger partial charge >= 0.3 is 12.1 Å². The first-order valence-electron chi connectivity index (χ1n) is 5.49. The van der Waals surface area contributed by atoms with Gasteiger partial charge in [0.15, 0.2) is 0 Å². The minimum absolute atomic E-state index is 0.163. The van der Waals surface area contributed by atoms with Crippen LogP contribution < -0.4 is 5.32 Å². The van der Waals surface area contributed by atoms with Crippen molar-refractivity contribution in [2.24, 2.45) is 0 Å². The number of alkyl carbamates (subject to hydrolysis) is 1. The molecule has 17 heavy (non-hydrogen) atoms. The molecule has 6 heteroatoms. The summed E-state index contributed by atoms with van der Waals surface area (Å²) < 4.78 is 10.5. The lowest BCUT2D eigenvalue weighted by molar-refractivity contribution is -0.143. The predicted molar refractivity (Wildman–Crippen MR) is 73.3 cm³/mol. The lowest BCUT2D eigenvalue weighted by Crippen LogP contribution is -2.41. The number of hydrogen-bond donors (Lipinski definition) is 1. The monoisotopic (exact) mass is 357 g/mol. The molecular formula is C11H20INO4. The molecule has 1 N–H and O–H groups in total. The third kappa shape index (κ3) is 9.20. The normalized spacial score (nSPS) is 12.8. The molecule has 0 aromatic carbocycles. The van der Waals surface area contributed by atoms with E-state index in [1.54, 1.807) is 27.7 Å². The molecular weight excluding hydrogens is 337 g/mol. The van der Waals surface area contributed by atoms with Gasteiger partial charge in [0.25, 0.3) is 0 Å². The summed E-state index contributed by atoms with van der Waals surface area (Å²) in [6.45, 7) is 7.46. The second kappa shape index (κ2) is 7.73.